The third-order valence-corrected chi connectivity index (χ3v) is 2.72. The number of methoxy groups -OCH3 is 1. The number of aryl methyl sites for hydroxylation is 1. The number of esters is 1. The van der Waals surface area contributed by atoms with Gasteiger partial charge in [-0.25, -0.2) is 13.6 Å². The predicted octanol–water partition coefficient (Wildman–Crippen LogP) is 0.400. The monoisotopic (exact) mass is 231 g/mol. The van der Waals surface area contributed by atoms with Crippen molar-refractivity contribution >= 4 is 5.97 Å². The summed E-state index contributed by atoms with van der Waals surface area (Å²) in [6, 6.07) is 0. The van der Waals surface area contributed by atoms with Gasteiger partial charge in [-0.1, -0.05) is 0 Å². The van der Waals surface area contributed by atoms with Crippen LogP contribution in [0.3, 0.4) is 0 Å². The Bertz CT molecular complexity index is 458. The minimum Gasteiger partial charge on any atom is -0.464 e. The van der Waals surface area contributed by atoms with Crippen LogP contribution < -0.4 is 5.73 Å². The van der Waals surface area contributed by atoms with E-state index in [2.05, 4.69) is 9.84 Å². The summed E-state index contributed by atoms with van der Waals surface area (Å²) in [5.74, 6) is -3.75. The molecule has 1 aliphatic rings. The maximum atomic E-state index is 13.1. The van der Waals surface area contributed by atoms with Gasteiger partial charge in [-0.3, -0.25) is 4.68 Å². The van der Waals surface area contributed by atoms with Crippen LogP contribution in [0.2, 0.25) is 0 Å². The van der Waals surface area contributed by atoms with Gasteiger partial charge in [-0.2, -0.15) is 5.10 Å². The molecule has 2 rings (SSSR count). The molecule has 0 spiro atoms. The van der Waals surface area contributed by atoms with Crippen LogP contribution in [0, 0.1) is 0 Å². The van der Waals surface area contributed by atoms with Gasteiger partial charge in [0, 0.05) is 25.2 Å². The van der Waals surface area contributed by atoms with Gasteiger partial charge in [0.05, 0.1) is 7.11 Å². The van der Waals surface area contributed by atoms with E-state index < -0.39 is 23.9 Å². The first-order valence-corrected chi connectivity index (χ1v) is 4.61. The van der Waals surface area contributed by atoms with Gasteiger partial charge < -0.3 is 10.5 Å². The average Bonchev–Trinajstić information content (AvgIpc) is 2.59. The van der Waals surface area contributed by atoms with Crippen LogP contribution >= 0.6 is 0 Å². The van der Waals surface area contributed by atoms with E-state index in [1.165, 1.54) is 17.9 Å². The molecule has 0 aromatic carbocycles. The summed E-state index contributed by atoms with van der Waals surface area (Å²) >= 11 is 0. The van der Waals surface area contributed by atoms with E-state index >= 15 is 0 Å². The Morgan fingerprint density at radius 3 is 2.69 bits per heavy atom. The van der Waals surface area contributed by atoms with Gasteiger partial charge in [0.1, 0.15) is 5.54 Å². The zero-order chi connectivity index (χ0) is 12.1. The number of hydrogen-bond acceptors (Lipinski definition) is 4. The third kappa shape index (κ3) is 1.31. The summed E-state index contributed by atoms with van der Waals surface area (Å²) in [4.78, 5) is 11.3. The second kappa shape index (κ2) is 3.00. The lowest BCUT2D eigenvalue weighted by molar-refractivity contribution is 0.0587. The molecule has 0 aliphatic heterocycles. The van der Waals surface area contributed by atoms with Crippen LogP contribution in [-0.2, 0) is 17.3 Å². The number of ether oxygens (including phenoxy) is 1. The molecule has 1 aromatic rings. The number of hydrogen-bond donors (Lipinski definition) is 1. The molecule has 1 aliphatic carbocycles. The maximum absolute atomic E-state index is 13.1. The molecule has 1 unspecified atom stereocenters. The average molecular weight is 231 g/mol. The van der Waals surface area contributed by atoms with E-state index in [1.54, 1.807) is 0 Å². The number of nitrogens with two attached hydrogens (primary N) is 1. The van der Waals surface area contributed by atoms with E-state index in [4.69, 9.17) is 5.73 Å². The fourth-order valence-corrected chi connectivity index (χ4v) is 1.66. The minimum absolute atomic E-state index is 0.0341. The summed E-state index contributed by atoms with van der Waals surface area (Å²) in [5, 5.41) is 3.78. The molecule has 2 N–H and O–H groups in total. The van der Waals surface area contributed by atoms with E-state index in [0.717, 1.165) is 7.11 Å². The molecule has 1 aromatic heterocycles. The number of carbonyl (C=O) groups excluding carboxylic acids is 1. The Kier molecular flexibility index (Phi) is 2.06. The highest BCUT2D eigenvalue weighted by molar-refractivity contribution is 5.89. The molecule has 1 fully saturated rings. The summed E-state index contributed by atoms with van der Waals surface area (Å²) in [6.45, 7) is 0. The second-order valence-corrected chi connectivity index (χ2v) is 3.91. The lowest BCUT2D eigenvalue weighted by Gasteiger charge is -2.08. The summed E-state index contributed by atoms with van der Waals surface area (Å²) < 4.78 is 32.0. The number of carbonyl (C=O) groups is 1. The first kappa shape index (κ1) is 11.0. The summed E-state index contributed by atoms with van der Waals surface area (Å²) in [6.07, 6.45) is 0.850. The highest BCUT2D eigenvalue weighted by Gasteiger charge is 2.71. The number of aromatic nitrogens is 2. The third-order valence-electron chi connectivity index (χ3n) is 2.72. The number of halogens is 2. The van der Waals surface area contributed by atoms with Gasteiger partial charge in [0.15, 0.2) is 5.69 Å². The molecule has 1 atom stereocenters. The van der Waals surface area contributed by atoms with E-state index in [0.29, 0.717) is 0 Å². The van der Waals surface area contributed by atoms with Crippen LogP contribution in [0.15, 0.2) is 6.20 Å². The first-order valence-electron chi connectivity index (χ1n) is 4.61. The van der Waals surface area contributed by atoms with E-state index in [1.807, 2.05) is 0 Å². The molecule has 5 nitrogen and oxygen atoms in total. The highest BCUT2D eigenvalue weighted by Crippen LogP contribution is 2.58. The molecule has 0 amide bonds. The predicted molar refractivity (Wildman–Crippen MR) is 50.0 cm³/mol. The van der Waals surface area contributed by atoms with Crippen molar-refractivity contribution in [1.82, 2.24) is 9.78 Å². The zero-order valence-electron chi connectivity index (χ0n) is 8.83. The van der Waals surface area contributed by atoms with Gasteiger partial charge in [-0.05, 0) is 0 Å². The number of alkyl halides is 2. The Morgan fingerprint density at radius 2 is 2.25 bits per heavy atom. The smallest absolute Gasteiger partial charge is 0.358 e. The fourth-order valence-electron chi connectivity index (χ4n) is 1.66. The fraction of sp³-hybridized carbons (Fsp3) is 0.556. The Balaban J connectivity index is 2.46. The Labute approximate surface area is 90.2 Å². The van der Waals surface area contributed by atoms with E-state index in [-0.39, 0.29) is 11.3 Å². The van der Waals surface area contributed by atoms with Crippen molar-refractivity contribution in [3.8, 4) is 0 Å². The van der Waals surface area contributed by atoms with Gasteiger partial charge in [-0.15, -0.1) is 0 Å². The molecule has 1 saturated carbocycles. The number of nitrogens with zero attached hydrogens (tertiary/aromatic N) is 2. The van der Waals surface area contributed by atoms with Crippen molar-refractivity contribution in [3.05, 3.63) is 17.5 Å². The molecule has 88 valence electrons. The summed E-state index contributed by atoms with van der Waals surface area (Å²) in [7, 11) is 2.69. The normalized spacial score (nSPS) is 26.6. The van der Waals surface area contributed by atoms with Crippen molar-refractivity contribution in [2.75, 3.05) is 7.11 Å². The molecule has 7 heteroatoms. The minimum atomic E-state index is -2.99. The Hall–Kier alpha value is -1.50. The van der Waals surface area contributed by atoms with E-state index in [9.17, 15) is 13.6 Å². The van der Waals surface area contributed by atoms with Gasteiger partial charge in [0.25, 0.3) is 5.92 Å². The standard InChI is InChI=1S/C9H11F2N3O2/c1-14-3-5(6(13-14)7(15)16-2)8(12)4-9(8,10)11/h3H,4,12H2,1-2H3. The van der Waals surface area contributed by atoms with Crippen LogP contribution in [0.25, 0.3) is 0 Å². The largest absolute Gasteiger partial charge is 0.464 e. The van der Waals surface area contributed by atoms with Gasteiger partial charge in [0.2, 0.25) is 0 Å². The van der Waals surface area contributed by atoms with Crippen molar-refractivity contribution < 1.29 is 18.3 Å². The molecule has 0 saturated heterocycles. The molecular formula is C9H11F2N3O2. The first-order chi connectivity index (χ1) is 7.32. The van der Waals surface area contributed by atoms with Crippen LogP contribution in [-0.4, -0.2) is 28.8 Å². The lowest BCUT2D eigenvalue weighted by atomic mass is 10.1. The SMILES string of the molecule is COC(=O)c1nn(C)cc1C1(N)CC1(F)F. The van der Waals surface area contributed by atoms with Crippen molar-refractivity contribution in [2.24, 2.45) is 12.8 Å². The lowest BCUT2D eigenvalue weighted by Crippen LogP contribution is -2.29. The Morgan fingerprint density at radius 1 is 1.69 bits per heavy atom. The quantitative estimate of drug-likeness (QED) is 0.748. The maximum Gasteiger partial charge on any atom is 0.358 e. The topological polar surface area (TPSA) is 70.1 Å². The van der Waals surface area contributed by atoms with Crippen molar-refractivity contribution in [3.63, 3.8) is 0 Å². The second-order valence-electron chi connectivity index (χ2n) is 3.91. The zero-order valence-corrected chi connectivity index (χ0v) is 8.83. The van der Waals surface area contributed by atoms with Crippen molar-refractivity contribution in [2.45, 2.75) is 17.9 Å². The van der Waals surface area contributed by atoms with Gasteiger partial charge >= 0.3 is 5.97 Å². The molecule has 1 heterocycles. The molecular weight excluding hydrogens is 220 g/mol. The molecule has 16 heavy (non-hydrogen) atoms. The molecule has 0 bridgehead atoms. The van der Waals surface area contributed by atoms with Crippen LogP contribution in [0.4, 0.5) is 8.78 Å². The summed E-state index contributed by atoms with van der Waals surface area (Å²) in [5.41, 5.74) is 3.64. The van der Waals surface area contributed by atoms with Crippen LogP contribution in [0.1, 0.15) is 22.5 Å². The van der Waals surface area contributed by atoms with Crippen molar-refractivity contribution in [1.29, 1.82) is 0 Å². The number of rotatable bonds is 2. The van der Waals surface area contributed by atoms with Crippen LogP contribution in [0.5, 0.6) is 0 Å². The molecule has 0 radical (unpaired) electrons. The highest BCUT2D eigenvalue weighted by atomic mass is 19.3.